The van der Waals surface area contributed by atoms with E-state index in [9.17, 15) is 14.9 Å². The van der Waals surface area contributed by atoms with E-state index in [1.54, 1.807) is 24.4 Å². The molecule has 1 amide bonds. The van der Waals surface area contributed by atoms with Crippen LogP contribution < -0.4 is 5.32 Å². The van der Waals surface area contributed by atoms with Gasteiger partial charge < -0.3 is 10.1 Å². The third-order valence-corrected chi connectivity index (χ3v) is 5.57. The van der Waals surface area contributed by atoms with Crippen LogP contribution in [0, 0.1) is 10.1 Å². The van der Waals surface area contributed by atoms with Crippen molar-refractivity contribution in [2.75, 3.05) is 19.8 Å². The molecule has 1 aliphatic heterocycles. The maximum atomic E-state index is 12.7. The highest BCUT2D eigenvalue weighted by atomic mass is 16.6. The Morgan fingerprint density at radius 1 is 1.10 bits per heavy atom. The summed E-state index contributed by atoms with van der Waals surface area (Å²) in [7, 11) is 0. The average molecular weight is 406 g/mol. The lowest BCUT2D eigenvalue weighted by Crippen LogP contribution is -2.44. The van der Waals surface area contributed by atoms with Gasteiger partial charge in [-0.2, -0.15) is 5.10 Å². The standard InChI is InChI=1S/C22H22N4O4/c27-21(20-10-13-25(24-20)18-6-8-19(9-7-18)26(28)29)23-16-22(11-14-30-15-12-22)17-4-2-1-3-5-17/h1-10,13H,11-12,14-16H2,(H,23,27). The van der Waals surface area contributed by atoms with E-state index in [4.69, 9.17) is 4.74 Å². The van der Waals surface area contributed by atoms with Gasteiger partial charge in [-0.1, -0.05) is 30.3 Å². The molecule has 30 heavy (non-hydrogen) atoms. The Bertz CT molecular complexity index is 1020. The molecule has 1 aliphatic rings. The third-order valence-electron chi connectivity index (χ3n) is 5.57. The van der Waals surface area contributed by atoms with Crippen LogP contribution in [0.1, 0.15) is 28.9 Å². The van der Waals surface area contributed by atoms with Crippen molar-refractivity contribution in [2.24, 2.45) is 0 Å². The second-order valence-electron chi connectivity index (χ2n) is 7.36. The van der Waals surface area contributed by atoms with E-state index >= 15 is 0 Å². The minimum Gasteiger partial charge on any atom is -0.381 e. The minimum absolute atomic E-state index is 0.00606. The molecule has 3 aromatic rings. The molecule has 0 atom stereocenters. The first-order chi connectivity index (χ1) is 14.6. The fourth-order valence-corrected chi connectivity index (χ4v) is 3.78. The molecule has 1 saturated heterocycles. The number of nitrogens with zero attached hydrogens (tertiary/aromatic N) is 3. The summed E-state index contributed by atoms with van der Waals surface area (Å²) in [6, 6.07) is 17.9. The van der Waals surface area contributed by atoms with Gasteiger partial charge in [0.2, 0.25) is 0 Å². The third kappa shape index (κ3) is 4.08. The number of nitro groups is 1. The van der Waals surface area contributed by atoms with E-state index in [0.29, 0.717) is 31.1 Å². The number of ether oxygens (including phenoxy) is 1. The van der Waals surface area contributed by atoms with Gasteiger partial charge in [0.1, 0.15) is 0 Å². The number of amides is 1. The van der Waals surface area contributed by atoms with Gasteiger partial charge in [0, 0.05) is 43.5 Å². The van der Waals surface area contributed by atoms with Gasteiger partial charge in [-0.3, -0.25) is 14.9 Å². The normalized spacial score (nSPS) is 15.5. The molecular weight excluding hydrogens is 384 g/mol. The zero-order chi connectivity index (χ0) is 21.0. The predicted molar refractivity (Wildman–Crippen MR) is 111 cm³/mol. The highest BCUT2D eigenvalue weighted by Crippen LogP contribution is 2.34. The molecule has 8 nitrogen and oxygen atoms in total. The van der Waals surface area contributed by atoms with Crippen LogP contribution in [0.2, 0.25) is 0 Å². The summed E-state index contributed by atoms with van der Waals surface area (Å²) in [5.41, 5.74) is 1.99. The smallest absolute Gasteiger partial charge is 0.271 e. The fourth-order valence-electron chi connectivity index (χ4n) is 3.78. The number of benzene rings is 2. The Labute approximate surface area is 173 Å². The highest BCUT2D eigenvalue weighted by Gasteiger charge is 2.35. The van der Waals surface area contributed by atoms with E-state index in [1.165, 1.54) is 22.4 Å². The first-order valence-corrected chi connectivity index (χ1v) is 9.79. The highest BCUT2D eigenvalue weighted by molar-refractivity contribution is 5.92. The Hall–Kier alpha value is -3.52. The zero-order valence-corrected chi connectivity index (χ0v) is 16.4. The van der Waals surface area contributed by atoms with Crippen LogP contribution in [0.4, 0.5) is 5.69 Å². The molecular formula is C22H22N4O4. The lowest BCUT2D eigenvalue weighted by Gasteiger charge is -2.37. The van der Waals surface area contributed by atoms with Crippen molar-refractivity contribution in [1.29, 1.82) is 0 Å². The number of carbonyl (C=O) groups excluding carboxylic acids is 1. The molecule has 0 radical (unpaired) electrons. The quantitative estimate of drug-likeness (QED) is 0.500. The van der Waals surface area contributed by atoms with E-state index < -0.39 is 4.92 Å². The van der Waals surface area contributed by atoms with E-state index in [1.807, 2.05) is 18.2 Å². The zero-order valence-electron chi connectivity index (χ0n) is 16.4. The topological polar surface area (TPSA) is 99.3 Å². The fraction of sp³-hybridized carbons (Fsp3) is 0.273. The number of non-ortho nitro benzene ring substituents is 1. The van der Waals surface area contributed by atoms with E-state index in [-0.39, 0.29) is 17.0 Å². The predicted octanol–water partition coefficient (Wildman–Crippen LogP) is 3.26. The van der Waals surface area contributed by atoms with Crippen LogP contribution in [0.25, 0.3) is 5.69 Å². The average Bonchev–Trinajstić information content (AvgIpc) is 3.29. The molecule has 4 rings (SSSR count). The largest absolute Gasteiger partial charge is 0.381 e. The van der Waals surface area contributed by atoms with E-state index in [2.05, 4.69) is 22.5 Å². The monoisotopic (exact) mass is 406 g/mol. The molecule has 2 aromatic carbocycles. The Morgan fingerprint density at radius 2 is 1.80 bits per heavy atom. The number of hydrogen-bond acceptors (Lipinski definition) is 5. The van der Waals surface area contributed by atoms with Gasteiger partial charge in [0.25, 0.3) is 11.6 Å². The molecule has 8 heteroatoms. The van der Waals surface area contributed by atoms with Gasteiger partial charge >= 0.3 is 0 Å². The Kier molecular flexibility index (Phi) is 5.58. The lowest BCUT2D eigenvalue weighted by molar-refractivity contribution is -0.384. The number of hydrogen-bond donors (Lipinski definition) is 1. The molecule has 0 aliphatic carbocycles. The van der Waals surface area contributed by atoms with Crippen molar-refractivity contribution < 1.29 is 14.5 Å². The van der Waals surface area contributed by atoms with Crippen molar-refractivity contribution in [3.63, 3.8) is 0 Å². The molecule has 0 bridgehead atoms. The summed E-state index contributed by atoms with van der Waals surface area (Å²) in [6.07, 6.45) is 3.35. The van der Waals surface area contributed by atoms with Crippen LogP contribution in [-0.4, -0.2) is 40.4 Å². The van der Waals surface area contributed by atoms with Crippen LogP contribution in [0.15, 0.2) is 66.9 Å². The van der Waals surface area contributed by atoms with Gasteiger partial charge in [0.05, 0.1) is 10.6 Å². The lowest BCUT2D eigenvalue weighted by atomic mass is 9.74. The number of nitrogens with one attached hydrogen (secondary N) is 1. The summed E-state index contributed by atoms with van der Waals surface area (Å²) < 4.78 is 7.07. The first kappa shape index (κ1) is 19.8. The minimum atomic E-state index is -0.454. The van der Waals surface area contributed by atoms with Crippen LogP contribution in [-0.2, 0) is 10.2 Å². The number of carbonyl (C=O) groups is 1. The number of rotatable bonds is 6. The van der Waals surface area contributed by atoms with Crippen molar-refractivity contribution in [2.45, 2.75) is 18.3 Å². The molecule has 0 spiro atoms. The maximum absolute atomic E-state index is 12.7. The van der Waals surface area contributed by atoms with Gasteiger partial charge in [0.15, 0.2) is 5.69 Å². The summed E-state index contributed by atoms with van der Waals surface area (Å²) >= 11 is 0. The molecule has 0 saturated carbocycles. The maximum Gasteiger partial charge on any atom is 0.271 e. The summed E-state index contributed by atoms with van der Waals surface area (Å²) in [6.45, 7) is 1.84. The summed E-state index contributed by atoms with van der Waals surface area (Å²) in [5, 5.41) is 18.2. The van der Waals surface area contributed by atoms with Crippen molar-refractivity contribution in [3.05, 3.63) is 88.2 Å². The molecule has 1 N–H and O–H groups in total. The van der Waals surface area contributed by atoms with Crippen molar-refractivity contribution >= 4 is 11.6 Å². The second-order valence-corrected chi connectivity index (χ2v) is 7.36. The Balaban J connectivity index is 1.47. The number of aromatic nitrogens is 2. The van der Waals surface area contributed by atoms with Gasteiger partial charge in [-0.05, 0) is 36.6 Å². The SMILES string of the molecule is O=C(NCC1(c2ccccc2)CCOCC1)c1ccn(-c2ccc([N+](=O)[O-])cc2)n1. The molecule has 1 aromatic heterocycles. The van der Waals surface area contributed by atoms with Gasteiger partial charge in [-0.25, -0.2) is 4.68 Å². The molecule has 1 fully saturated rings. The molecule has 0 unspecified atom stereocenters. The first-order valence-electron chi connectivity index (χ1n) is 9.79. The van der Waals surface area contributed by atoms with Crippen molar-refractivity contribution in [1.82, 2.24) is 15.1 Å². The summed E-state index contributed by atoms with van der Waals surface area (Å²) in [5.74, 6) is -0.252. The van der Waals surface area contributed by atoms with Crippen LogP contribution in [0.3, 0.4) is 0 Å². The summed E-state index contributed by atoms with van der Waals surface area (Å²) in [4.78, 5) is 23.1. The van der Waals surface area contributed by atoms with E-state index in [0.717, 1.165) is 12.8 Å². The Morgan fingerprint density at radius 3 is 2.47 bits per heavy atom. The van der Waals surface area contributed by atoms with Crippen LogP contribution in [0.5, 0.6) is 0 Å². The van der Waals surface area contributed by atoms with Gasteiger partial charge in [-0.15, -0.1) is 0 Å². The van der Waals surface area contributed by atoms with Crippen molar-refractivity contribution in [3.8, 4) is 5.69 Å². The second kappa shape index (κ2) is 8.46. The molecule has 2 heterocycles. The number of nitro benzene ring substituents is 1. The molecule has 154 valence electrons. The van der Waals surface area contributed by atoms with Crippen LogP contribution >= 0.6 is 0 Å².